The molecule has 1 saturated heterocycles. The number of nitrogens with zero attached hydrogens (tertiary/aromatic N) is 1. The number of methoxy groups -OCH3 is 1. The van der Waals surface area contributed by atoms with Crippen LogP contribution < -0.4 is 9.47 Å². The molecular formula is C24H29NO8S. The van der Waals surface area contributed by atoms with Crippen molar-refractivity contribution in [3.05, 3.63) is 53.6 Å². The second kappa shape index (κ2) is 12.0. The highest BCUT2D eigenvalue weighted by atomic mass is 32.2. The maximum atomic E-state index is 12.7. The summed E-state index contributed by atoms with van der Waals surface area (Å²) in [6.07, 6.45) is 1.89. The number of hydrogen-bond acceptors (Lipinski definition) is 8. The van der Waals surface area contributed by atoms with Crippen molar-refractivity contribution in [2.24, 2.45) is 0 Å². The summed E-state index contributed by atoms with van der Waals surface area (Å²) in [6.45, 7) is 3.39. The normalized spacial score (nSPS) is 14.4. The van der Waals surface area contributed by atoms with E-state index in [1.54, 1.807) is 12.1 Å². The van der Waals surface area contributed by atoms with Gasteiger partial charge in [-0.25, -0.2) is 13.2 Å². The zero-order valence-corrected chi connectivity index (χ0v) is 20.1. The Balaban J connectivity index is 1.59. The van der Waals surface area contributed by atoms with Crippen LogP contribution in [0.1, 0.15) is 40.5 Å². The Hall–Kier alpha value is -2.95. The van der Waals surface area contributed by atoms with Crippen molar-refractivity contribution in [2.75, 3.05) is 46.6 Å². The van der Waals surface area contributed by atoms with Gasteiger partial charge in [-0.1, -0.05) is 13.3 Å². The first-order valence-electron chi connectivity index (χ1n) is 11.1. The molecule has 0 spiro atoms. The number of esters is 1. The summed E-state index contributed by atoms with van der Waals surface area (Å²) >= 11 is 0. The van der Waals surface area contributed by atoms with Gasteiger partial charge in [0.15, 0.2) is 23.9 Å². The number of benzene rings is 2. The molecule has 0 aliphatic carbocycles. The van der Waals surface area contributed by atoms with E-state index in [1.807, 2.05) is 0 Å². The lowest BCUT2D eigenvalue weighted by molar-refractivity contribution is 0.0474. The number of morpholine rings is 1. The first-order chi connectivity index (χ1) is 16.4. The number of unbranched alkanes of at least 4 members (excludes halogenated alkanes) is 1. The Morgan fingerprint density at radius 3 is 2.32 bits per heavy atom. The smallest absolute Gasteiger partial charge is 0.338 e. The summed E-state index contributed by atoms with van der Waals surface area (Å²) in [7, 11) is -2.17. The molecule has 1 aliphatic rings. The number of carbonyl (C=O) groups excluding carboxylic acids is 2. The molecular weight excluding hydrogens is 462 g/mol. The summed E-state index contributed by atoms with van der Waals surface area (Å²) in [4.78, 5) is 25.0. The molecule has 0 amide bonds. The number of ether oxygens (including phenoxy) is 4. The average molecular weight is 492 g/mol. The molecule has 34 heavy (non-hydrogen) atoms. The quantitative estimate of drug-likeness (QED) is 0.268. The predicted octanol–water partition coefficient (Wildman–Crippen LogP) is 2.93. The van der Waals surface area contributed by atoms with E-state index >= 15 is 0 Å². The molecule has 0 N–H and O–H groups in total. The van der Waals surface area contributed by atoms with E-state index in [0.717, 1.165) is 12.8 Å². The Morgan fingerprint density at radius 1 is 1.00 bits per heavy atom. The van der Waals surface area contributed by atoms with Gasteiger partial charge in [-0.3, -0.25) is 4.79 Å². The Bertz CT molecular complexity index is 1090. The van der Waals surface area contributed by atoms with Gasteiger partial charge in [-0.15, -0.1) is 0 Å². The third kappa shape index (κ3) is 6.34. The Kier molecular flexibility index (Phi) is 9.03. The number of rotatable bonds is 11. The highest BCUT2D eigenvalue weighted by Gasteiger charge is 2.26. The number of Topliss-reactive ketones (excluding diaryl/α,β-unsaturated/α-hetero) is 1. The van der Waals surface area contributed by atoms with Crippen LogP contribution in [0.25, 0.3) is 0 Å². The fourth-order valence-electron chi connectivity index (χ4n) is 3.29. The summed E-state index contributed by atoms with van der Waals surface area (Å²) in [5.74, 6) is -0.210. The van der Waals surface area contributed by atoms with Crippen molar-refractivity contribution in [1.82, 2.24) is 4.31 Å². The first kappa shape index (κ1) is 25.7. The van der Waals surface area contributed by atoms with Crippen molar-refractivity contribution in [1.29, 1.82) is 0 Å². The van der Waals surface area contributed by atoms with Gasteiger partial charge < -0.3 is 18.9 Å². The van der Waals surface area contributed by atoms with Gasteiger partial charge in [0, 0.05) is 18.7 Å². The molecule has 9 nitrogen and oxygen atoms in total. The topological polar surface area (TPSA) is 108 Å². The van der Waals surface area contributed by atoms with E-state index in [-0.39, 0.29) is 29.1 Å². The first-order valence-corrected chi connectivity index (χ1v) is 12.5. The third-order valence-electron chi connectivity index (χ3n) is 5.27. The number of ketones is 1. The molecule has 1 heterocycles. The average Bonchev–Trinajstić information content (AvgIpc) is 2.87. The second-order valence-electron chi connectivity index (χ2n) is 7.61. The van der Waals surface area contributed by atoms with Gasteiger partial charge >= 0.3 is 5.97 Å². The molecule has 1 fully saturated rings. The van der Waals surface area contributed by atoms with Crippen LogP contribution in [0.4, 0.5) is 0 Å². The number of carbonyl (C=O) groups is 2. The van der Waals surface area contributed by atoms with Crippen LogP contribution in [0.3, 0.4) is 0 Å². The lowest BCUT2D eigenvalue weighted by atomic mass is 10.1. The minimum Gasteiger partial charge on any atom is -0.493 e. The van der Waals surface area contributed by atoms with Gasteiger partial charge in [-0.05, 0) is 48.9 Å². The molecule has 0 bridgehead atoms. The van der Waals surface area contributed by atoms with Crippen LogP contribution >= 0.6 is 0 Å². The zero-order valence-electron chi connectivity index (χ0n) is 19.3. The van der Waals surface area contributed by atoms with Gasteiger partial charge in [0.2, 0.25) is 10.0 Å². The van der Waals surface area contributed by atoms with E-state index in [9.17, 15) is 18.0 Å². The molecule has 0 aromatic heterocycles. The second-order valence-corrected chi connectivity index (χ2v) is 9.55. The summed E-state index contributed by atoms with van der Waals surface area (Å²) in [5.41, 5.74) is 0.463. The van der Waals surface area contributed by atoms with E-state index in [4.69, 9.17) is 18.9 Å². The van der Waals surface area contributed by atoms with Gasteiger partial charge in [0.25, 0.3) is 0 Å². The fourth-order valence-corrected chi connectivity index (χ4v) is 4.69. The SMILES string of the molecule is CCCCOc1ccc(C(=O)OCC(=O)c2ccc(S(=O)(=O)N3CCOCC3)cc2)cc1OC. The number of hydrogen-bond donors (Lipinski definition) is 0. The van der Waals surface area contributed by atoms with E-state index < -0.39 is 28.4 Å². The van der Waals surface area contributed by atoms with Gasteiger partial charge in [0.1, 0.15) is 0 Å². The van der Waals surface area contributed by atoms with Crippen molar-refractivity contribution < 1.29 is 37.0 Å². The minimum atomic E-state index is -3.65. The van der Waals surface area contributed by atoms with Crippen LogP contribution in [0.2, 0.25) is 0 Å². The zero-order chi connectivity index (χ0) is 24.6. The predicted molar refractivity (Wildman–Crippen MR) is 124 cm³/mol. The van der Waals surface area contributed by atoms with Crippen molar-refractivity contribution in [3.63, 3.8) is 0 Å². The highest BCUT2D eigenvalue weighted by Crippen LogP contribution is 2.28. The number of sulfonamides is 1. The maximum absolute atomic E-state index is 12.7. The van der Waals surface area contributed by atoms with Crippen molar-refractivity contribution in [2.45, 2.75) is 24.7 Å². The van der Waals surface area contributed by atoms with Gasteiger partial charge in [0.05, 0.1) is 37.4 Å². The monoisotopic (exact) mass is 491 g/mol. The summed E-state index contributed by atoms with van der Waals surface area (Å²) < 4.78 is 48.0. The third-order valence-corrected chi connectivity index (χ3v) is 7.19. The molecule has 1 aliphatic heterocycles. The lowest BCUT2D eigenvalue weighted by Crippen LogP contribution is -2.40. The van der Waals surface area contributed by atoms with Crippen LogP contribution in [0.15, 0.2) is 47.4 Å². The van der Waals surface area contributed by atoms with E-state index in [2.05, 4.69) is 6.92 Å². The van der Waals surface area contributed by atoms with Crippen LogP contribution in [-0.4, -0.2) is 71.1 Å². The molecule has 184 valence electrons. The fraction of sp³-hybridized carbons (Fsp3) is 0.417. The lowest BCUT2D eigenvalue weighted by Gasteiger charge is -2.26. The highest BCUT2D eigenvalue weighted by molar-refractivity contribution is 7.89. The molecule has 0 saturated carbocycles. The molecule has 0 atom stereocenters. The summed E-state index contributed by atoms with van der Waals surface area (Å²) in [6, 6.07) is 10.2. The van der Waals surface area contributed by atoms with Crippen molar-refractivity contribution in [3.8, 4) is 11.5 Å². The molecule has 0 unspecified atom stereocenters. The van der Waals surface area contributed by atoms with E-state index in [1.165, 1.54) is 41.7 Å². The standard InChI is InChI=1S/C24H29NO8S/c1-3-4-13-32-22-10-7-19(16-23(22)30-2)24(27)33-17-21(26)18-5-8-20(9-6-18)34(28,29)25-11-14-31-15-12-25/h5-10,16H,3-4,11-15,17H2,1-2H3. The largest absolute Gasteiger partial charge is 0.493 e. The van der Waals surface area contributed by atoms with Crippen LogP contribution in [0.5, 0.6) is 11.5 Å². The molecule has 2 aromatic rings. The van der Waals surface area contributed by atoms with E-state index in [0.29, 0.717) is 31.3 Å². The van der Waals surface area contributed by atoms with Gasteiger partial charge in [-0.2, -0.15) is 4.31 Å². The van der Waals surface area contributed by atoms with Crippen LogP contribution in [0, 0.1) is 0 Å². The maximum Gasteiger partial charge on any atom is 0.338 e. The molecule has 3 rings (SSSR count). The minimum absolute atomic E-state index is 0.0938. The Labute approximate surface area is 199 Å². The molecule has 10 heteroatoms. The Morgan fingerprint density at radius 2 is 1.68 bits per heavy atom. The molecule has 2 aromatic carbocycles. The van der Waals surface area contributed by atoms with Crippen LogP contribution in [-0.2, 0) is 19.5 Å². The van der Waals surface area contributed by atoms with Crippen molar-refractivity contribution >= 4 is 21.8 Å². The molecule has 0 radical (unpaired) electrons. The summed E-state index contributed by atoms with van der Waals surface area (Å²) in [5, 5.41) is 0.